The molecular weight excluding hydrogens is 404 g/mol. The summed E-state index contributed by atoms with van der Waals surface area (Å²) in [5.41, 5.74) is 1.94. The molecular formula is C22H26N2O5S. The summed E-state index contributed by atoms with van der Waals surface area (Å²) >= 11 is 0. The monoisotopic (exact) mass is 430 g/mol. The number of anilines is 1. The average Bonchev–Trinajstić information content (AvgIpc) is 3.17. The van der Waals surface area contributed by atoms with Crippen molar-refractivity contribution in [2.45, 2.75) is 37.4 Å². The zero-order valence-corrected chi connectivity index (χ0v) is 18.2. The van der Waals surface area contributed by atoms with Crippen molar-refractivity contribution in [2.24, 2.45) is 0 Å². The molecule has 1 saturated heterocycles. The second-order valence-electron chi connectivity index (χ2n) is 7.79. The number of carbonyl (C=O) groups is 1. The van der Waals surface area contributed by atoms with Crippen LogP contribution in [0.1, 0.15) is 29.8 Å². The van der Waals surface area contributed by atoms with Crippen LogP contribution in [-0.4, -0.2) is 58.2 Å². The highest BCUT2D eigenvalue weighted by atomic mass is 32.2. The van der Waals surface area contributed by atoms with Crippen LogP contribution in [0.4, 0.5) is 5.69 Å². The molecule has 0 N–H and O–H groups in total. The van der Waals surface area contributed by atoms with Gasteiger partial charge in [-0.1, -0.05) is 18.2 Å². The van der Waals surface area contributed by atoms with Gasteiger partial charge in [-0.25, -0.2) is 8.42 Å². The van der Waals surface area contributed by atoms with Gasteiger partial charge >= 0.3 is 0 Å². The molecule has 30 heavy (non-hydrogen) atoms. The normalized spacial score (nSPS) is 21.4. The van der Waals surface area contributed by atoms with Crippen molar-refractivity contribution in [2.75, 3.05) is 31.0 Å². The molecule has 0 aliphatic carbocycles. The molecule has 0 bridgehead atoms. The van der Waals surface area contributed by atoms with E-state index >= 15 is 0 Å². The lowest BCUT2D eigenvalue weighted by molar-refractivity contribution is -0.0586. The number of ether oxygens (including phenoxy) is 2. The Labute approximate surface area is 177 Å². The van der Waals surface area contributed by atoms with Crippen LogP contribution in [-0.2, 0) is 21.2 Å². The summed E-state index contributed by atoms with van der Waals surface area (Å²) < 4.78 is 39.3. The third-order valence-electron chi connectivity index (χ3n) is 5.54. The zero-order valence-electron chi connectivity index (χ0n) is 17.4. The smallest absolute Gasteiger partial charge is 0.264 e. The summed E-state index contributed by atoms with van der Waals surface area (Å²) in [7, 11) is -2.33. The van der Waals surface area contributed by atoms with Gasteiger partial charge in [0.25, 0.3) is 15.9 Å². The van der Waals surface area contributed by atoms with Gasteiger partial charge in [-0.15, -0.1) is 0 Å². The molecule has 0 saturated carbocycles. The Hall–Kier alpha value is -2.58. The standard InChI is InChI=1S/C22H26N2O5S/c1-15-13-23(14-16(2)29-15)22(25)19-12-18(8-9-21(19)28-3)30(26,27)24-11-10-17-6-4-5-7-20(17)24/h4-9,12,15-16H,10-11,13-14H2,1-3H3/t15-,16+. The second kappa shape index (κ2) is 7.92. The molecule has 2 aliphatic heterocycles. The highest BCUT2D eigenvalue weighted by Crippen LogP contribution is 2.34. The third kappa shape index (κ3) is 3.65. The number of fused-ring (bicyclic) bond motifs is 1. The Morgan fingerprint density at radius 1 is 1.10 bits per heavy atom. The van der Waals surface area contributed by atoms with Crippen molar-refractivity contribution in [3.05, 3.63) is 53.6 Å². The molecule has 1 fully saturated rings. The Bertz CT molecular complexity index is 1060. The summed E-state index contributed by atoms with van der Waals surface area (Å²) in [6.45, 7) is 5.11. The Morgan fingerprint density at radius 3 is 2.50 bits per heavy atom. The maximum Gasteiger partial charge on any atom is 0.264 e. The number of rotatable bonds is 4. The fourth-order valence-corrected chi connectivity index (χ4v) is 5.74. The quantitative estimate of drug-likeness (QED) is 0.746. The maximum absolute atomic E-state index is 13.4. The van der Waals surface area contributed by atoms with Gasteiger partial charge in [0, 0.05) is 19.6 Å². The number of hydrogen-bond donors (Lipinski definition) is 0. The van der Waals surface area contributed by atoms with Crippen LogP contribution in [0, 0.1) is 0 Å². The molecule has 2 aromatic carbocycles. The molecule has 0 unspecified atom stereocenters. The van der Waals surface area contributed by atoms with E-state index in [0.29, 0.717) is 37.5 Å². The van der Waals surface area contributed by atoms with E-state index in [1.807, 2.05) is 38.1 Å². The number of hydrogen-bond acceptors (Lipinski definition) is 5. The van der Waals surface area contributed by atoms with Crippen molar-refractivity contribution in [3.8, 4) is 5.75 Å². The second-order valence-corrected chi connectivity index (χ2v) is 9.65. The van der Waals surface area contributed by atoms with Crippen LogP contribution in [0.25, 0.3) is 0 Å². The molecule has 0 spiro atoms. The van der Waals surface area contributed by atoms with E-state index < -0.39 is 10.0 Å². The Kier molecular flexibility index (Phi) is 5.46. The van der Waals surface area contributed by atoms with Gasteiger partial charge in [-0.2, -0.15) is 0 Å². The van der Waals surface area contributed by atoms with Crippen LogP contribution in [0.3, 0.4) is 0 Å². The highest BCUT2D eigenvalue weighted by molar-refractivity contribution is 7.92. The number of amides is 1. The van der Waals surface area contributed by atoms with Gasteiger partial charge in [-0.3, -0.25) is 9.10 Å². The van der Waals surface area contributed by atoms with E-state index in [-0.39, 0.29) is 28.6 Å². The van der Waals surface area contributed by atoms with Crippen molar-refractivity contribution in [1.29, 1.82) is 0 Å². The first-order valence-corrected chi connectivity index (χ1v) is 11.5. The molecule has 8 heteroatoms. The van der Waals surface area contributed by atoms with Crippen LogP contribution in [0.5, 0.6) is 5.75 Å². The fraction of sp³-hybridized carbons (Fsp3) is 0.409. The lowest BCUT2D eigenvalue weighted by Gasteiger charge is -2.35. The molecule has 7 nitrogen and oxygen atoms in total. The molecule has 2 aromatic rings. The van der Waals surface area contributed by atoms with Crippen molar-refractivity contribution in [3.63, 3.8) is 0 Å². The van der Waals surface area contributed by atoms with Crippen LogP contribution < -0.4 is 9.04 Å². The molecule has 2 heterocycles. The number of methoxy groups -OCH3 is 1. The molecule has 1 amide bonds. The van der Waals surface area contributed by atoms with E-state index in [1.165, 1.54) is 23.5 Å². The summed E-state index contributed by atoms with van der Waals surface area (Å²) in [4.78, 5) is 15.0. The van der Waals surface area contributed by atoms with Gasteiger partial charge in [0.2, 0.25) is 0 Å². The fourth-order valence-electron chi connectivity index (χ4n) is 4.21. The minimum absolute atomic E-state index is 0.0812. The number of nitrogens with zero attached hydrogens (tertiary/aromatic N) is 2. The predicted octanol–water partition coefficient (Wildman–Crippen LogP) is 2.70. The number of para-hydroxylation sites is 1. The first-order chi connectivity index (χ1) is 14.3. The van der Waals surface area contributed by atoms with Gasteiger partial charge in [0.05, 0.1) is 35.5 Å². The minimum Gasteiger partial charge on any atom is -0.496 e. The van der Waals surface area contributed by atoms with Crippen molar-refractivity contribution >= 4 is 21.6 Å². The van der Waals surface area contributed by atoms with Crippen molar-refractivity contribution in [1.82, 2.24) is 4.90 Å². The summed E-state index contributed by atoms with van der Waals surface area (Å²) in [5, 5.41) is 0. The van der Waals surface area contributed by atoms with E-state index in [1.54, 1.807) is 11.0 Å². The number of sulfonamides is 1. The van der Waals surface area contributed by atoms with Crippen LogP contribution in [0.2, 0.25) is 0 Å². The molecule has 2 atom stereocenters. The SMILES string of the molecule is COc1ccc(S(=O)(=O)N2CCc3ccccc32)cc1C(=O)N1C[C@@H](C)O[C@@H](C)C1. The van der Waals surface area contributed by atoms with Gasteiger partial charge in [0.1, 0.15) is 5.75 Å². The third-order valence-corrected chi connectivity index (χ3v) is 7.35. The first kappa shape index (κ1) is 20.7. The number of morpholine rings is 1. The van der Waals surface area contributed by atoms with Gasteiger partial charge in [-0.05, 0) is 50.1 Å². The first-order valence-electron chi connectivity index (χ1n) is 10.0. The maximum atomic E-state index is 13.4. The lowest BCUT2D eigenvalue weighted by Crippen LogP contribution is -2.48. The van der Waals surface area contributed by atoms with E-state index in [0.717, 1.165) is 5.56 Å². The lowest BCUT2D eigenvalue weighted by atomic mass is 10.1. The van der Waals surface area contributed by atoms with Crippen molar-refractivity contribution < 1.29 is 22.7 Å². The predicted molar refractivity (Wildman–Crippen MR) is 114 cm³/mol. The van der Waals surface area contributed by atoms with E-state index in [2.05, 4.69) is 0 Å². The molecule has 160 valence electrons. The molecule has 4 rings (SSSR count). The molecule has 0 radical (unpaired) electrons. The summed E-state index contributed by atoms with van der Waals surface area (Å²) in [6, 6.07) is 12.0. The zero-order chi connectivity index (χ0) is 21.5. The highest BCUT2D eigenvalue weighted by Gasteiger charge is 2.33. The minimum atomic E-state index is -3.80. The average molecular weight is 431 g/mol. The van der Waals surface area contributed by atoms with E-state index in [4.69, 9.17) is 9.47 Å². The Morgan fingerprint density at radius 2 is 1.80 bits per heavy atom. The topological polar surface area (TPSA) is 76.2 Å². The van der Waals surface area contributed by atoms with Gasteiger partial charge < -0.3 is 14.4 Å². The van der Waals surface area contributed by atoms with E-state index in [9.17, 15) is 13.2 Å². The number of benzene rings is 2. The summed E-state index contributed by atoms with van der Waals surface area (Å²) in [6.07, 6.45) is 0.495. The van der Waals surface area contributed by atoms with Crippen LogP contribution in [0.15, 0.2) is 47.4 Å². The van der Waals surface area contributed by atoms with Crippen LogP contribution >= 0.6 is 0 Å². The molecule has 2 aliphatic rings. The molecule has 0 aromatic heterocycles. The Balaban J connectivity index is 1.70. The summed E-state index contributed by atoms with van der Waals surface area (Å²) in [5.74, 6) is 0.0975. The largest absolute Gasteiger partial charge is 0.496 e. The number of carbonyl (C=O) groups excluding carboxylic acids is 1. The van der Waals surface area contributed by atoms with Gasteiger partial charge in [0.15, 0.2) is 0 Å².